The quantitative estimate of drug-likeness (QED) is 0.0768. The third-order valence-electron chi connectivity index (χ3n) is 7.35. The summed E-state index contributed by atoms with van der Waals surface area (Å²) in [5.74, 6) is -0.881. The highest BCUT2D eigenvalue weighted by Crippen LogP contribution is 2.30. The van der Waals surface area contributed by atoms with Gasteiger partial charge in [-0.05, 0) is 19.4 Å². The average Bonchev–Trinajstić information content (AvgIpc) is 2.93. The molecule has 0 aromatic rings. The molecule has 12 N–H and O–H groups in total. The molecule has 2 rings (SSSR count). The second kappa shape index (κ2) is 16.7. The van der Waals surface area contributed by atoms with Gasteiger partial charge >= 0.3 is 0 Å². The van der Waals surface area contributed by atoms with E-state index in [-0.39, 0.29) is 19.6 Å². The Morgan fingerprint density at radius 1 is 0.795 bits per heavy atom. The molecule has 232 valence electrons. The Morgan fingerprint density at radius 3 is 2.08 bits per heavy atom. The zero-order valence-corrected chi connectivity index (χ0v) is 22.1. The highest BCUT2D eigenvalue weighted by molar-refractivity contribution is 4.95. The number of aliphatic hydroxyl groups excluding tert-OH is 11. The number of rotatable bonds is 16. The van der Waals surface area contributed by atoms with Crippen LogP contribution in [-0.4, -0.2) is 169 Å². The Bertz CT molecular complexity index is 677. The molecule has 1 unspecified atom stereocenters. The lowest BCUT2D eigenvalue weighted by Gasteiger charge is -2.43. The smallest absolute Gasteiger partial charge is 0.186 e. The summed E-state index contributed by atoms with van der Waals surface area (Å²) >= 11 is 0. The third-order valence-corrected chi connectivity index (χ3v) is 7.35. The maximum atomic E-state index is 10.4. The van der Waals surface area contributed by atoms with Gasteiger partial charge in [0, 0.05) is 12.5 Å². The standard InChI is InChI=1S/C24H47NO14/c1-2-3-4-5-25-7-12(27)17(30)18(31)13(28)10-37-14-6-11(16(29)21(34)19(14)32)9-38-24-23(36)22(35)20(33)15(8-26)39-24/h11-36H,2-10H2,1H3/t11-,12+,13?,14-,15-,16-,17-,18-,19+,20-,21+,22+,23-,24-/m1/s1. The van der Waals surface area contributed by atoms with Crippen molar-refractivity contribution < 1.29 is 70.4 Å². The Kier molecular flexibility index (Phi) is 14.9. The van der Waals surface area contributed by atoms with Crippen molar-refractivity contribution in [2.24, 2.45) is 5.92 Å². The molecule has 0 bridgehead atoms. The summed E-state index contributed by atoms with van der Waals surface area (Å²) in [4.78, 5) is 0. The first-order valence-electron chi connectivity index (χ1n) is 13.4. The first-order chi connectivity index (χ1) is 18.4. The van der Waals surface area contributed by atoms with Gasteiger partial charge in [0.1, 0.15) is 54.9 Å². The number of nitrogens with one attached hydrogen (secondary N) is 1. The van der Waals surface area contributed by atoms with Crippen LogP contribution in [0.3, 0.4) is 0 Å². The Balaban J connectivity index is 1.87. The predicted octanol–water partition coefficient (Wildman–Crippen LogP) is -5.49. The van der Waals surface area contributed by atoms with E-state index in [1.54, 1.807) is 0 Å². The van der Waals surface area contributed by atoms with Gasteiger partial charge in [-0.1, -0.05) is 19.8 Å². The fourth-order valence-corrected chi connectivity index (χ4v) is 4.68. The van der Waals surface area contributed by atoms with E-state index in [2.05, 4.69) is 5.32 Å². The van der Waals surface area contributed by atoms with E-state index in [0.29, 0.717) is 6.54 Å². The summed E-state index contributed by atoms with van der Waals surface area (Å²) in [6.45, 7) is 1.07. The largest absolute Gasteiger partial charge is 0.394 e. The normalized spacial score (nSPS) is 38.8. The van der Waals surface area contributed by atoms with Crippen molar-refractivity contribution in [1.29, 1.82) is 0 Å². The van der Waals surface area contributed by atoms with Crippen LogP contribution in [0.2, 0.25) is 0 Å². The highest BCUT2D eigenvalue weighted by Gasteiger charge is 2.47. The minimum absolute atomic E-state index is 0.00291. The summed E-state index contributed by atoms with van der Waals surface area (Å²) < 4.78 is 16.2. The van der Waals surface area contributed by atoms with Crippen LogP contribution in [0.4, 0.5) is 0 Å². The van der Waals surface area contributed by atoms with E-state index in [9.17, 15) is 56.2 Å². The van der Waals surface area contributed by atoms with Crippen molar-refractivity contribution in [3.05, 3.63) is 0 Å². The van der Waals surface area contributed by atoms with Crippen molar-refractivity contribution in [3.63, 3.8) is 0 Å². The van der Waals surface area contributed by atoms with Crippen molar-refractivity contribution in [2.75, 3.05) is 32.9 Å². The molecule has 39 heavy (non-hydrogen) atoms. The van der Waals surface area contributed by atoms with E-state index in [0.717, 1.165) is 19.3 Å². The van der Waals surface area contributed by atoms with Crippen LogP contribution in [0, 0.1) is 5.92 Å². The van der Waals surface area contributed by atoms with Crippen LogP contribution in [0.5, 0.6) is 0 Å². The van der Waals surface area contributed by atoms with Crippen molar-refractivity contribution >= 4 is 0 Å². The highest BCUT2D eigenvalue weighted by atomic mass is 16.7. The second-order valence-electron chi connectivity index (χ2n) is 10.4. The van der Waals surface area contributed by atoms with Crippen molar-refractivity contribution in [2.45, 2.75) is 112 Å². The number of ether oxygens (including phenoxy) is 3. The molecule has 0 aromatic carbocycles. The van der Waals surface area contributed by atoms with Gasteiger partial charge in [-0.25, -0.2) is 0 Å². The van der Waals surface area contributed by atoms with Gasteiger partial charge < -0.3 is 75.7 Å². The summed E-state index contributed by atoms with van der Waals surface area (Å²) in [5, 5.41) is 114. The number of aliphatic hydroxyl groups is 11. The van der Waals surface area contributed by atoms with Gasteiger partial charge in [-0.3, -0.25) is 0 Å². The zero-order valence-electron chi connectivity index (χ0n) is 22.1. The van der Waals surface area contributed by atoms with Crippen LogP contribution in [0.25, 0.3) is 0 Å². The fraction of sp³-hybridized carbons (Fsp3) is 1.00. The monoisotopic (exact) mass is 573 g/mol. The molecule has 15 heteroatoms. The summed E-state index contributed by atoms with van der Waals surface area (Å²) in [5.41, 5.74) is 0. The lowest BCUT2D eigenvalue weighted by molar-refractivity contribution is -0.307. The van der Waals surface area contributed by atoms with E-state index < -0.39 is 98.7 Å². The maximum absolute atomic E-state index is 10.4. The van der Waals surface area contributed by atoms with Crippen LogP contribution in [0.15, 0.2) is 0 Å². The molecule has 2 aliphatic rings. The van der Waals surface area contributed by atoms with Crippen LogP contribution < -0.4 is 5.32 Å². The van der Waals surface area contributed by atoms with Gasteiger partial charge in [-0.15, -0.1) is 0 Å². The number of unbranched alkanes of at least 4 members (excludes halogenated alkanes) is 2. The molecule has 14 atom stereocenters. The first kappa shape index (κ1) is 34.6. The van der Waals surface area contributed by atoms with Crippen molar-refractivity contribution in [3.8, 4) is 0 Å². The van der Waals surface area contributed by atoms with Crippen LogP contribution >= 0.6 is 0 Å². The number of hydrogen-bond acceptors (Lipinski definition) is 15. The summed E-state index contributed by atoms with van der Waals surface area (Å²) in [7, 11) is 0. The van der Waals surface area contributed by atoms with Crippen molar-refractivity contribution in [1.82, 2.24) is 5.32 Å². The Labute approximate surface area is 227 Å². The Hall–Kier alpha value is -0.600. The van der Waals surface area contributed by atoms with E-state index in [4.69, 9.17) is 14.2 Å². The van der Waals surface area contributed by atoms with Crippen LogP contribution in [0.1, 0.15) is 32.6 Å². The molecule has 1 saturated heterocycles. The molecule has 0 radical (unpaired) electrons. The number of hydrogen-bond donors (Lipinski definition) is 12. The van der Waals surface area contributed by atoms with Gasteiger partial charge in [0.05, 0.1) is 38.1 Å². The predicted molar refractivity (Wildman–Crippen MR) is 132 cm³/mol. The summed E-state index contributed by atoms with van der Waals surface area (Å²) in [6.07, 6.45) is -17.2. The molecule has 1 saturated carbocycles. The average molecular weight is 574 g/mol. The van der Waals surface area contributed by atoms with Gasteiger partial charge in [0.25, 0.3) is 0 Å². The third kappa shape index (κ3) is 9.46. The zero-order chi connectivity index (χ0) is 29.3. The molecule has 1 aliphatic heterocycles. The maximum Gasteiger partial charge on any atom is 0.186 e. The minimum Gasteiger partial charge on any atom is -0.394 e. The molecular formula is C24H47NO14. The molecule has 1 aliphatic carbocycles. The Morgan fingerprint density at radius 2 is 1.44 bits per heavy atom. The van der Waals surface area contributed by atoms with Gasteiger partial charge in [0.15, 0.2) is 6.29 Å². The second-order valence-corrected chi connectivity index (χ2v) is 10.4. The lowest BCUT2D eigenvalue weighted by Crippen LogP contribution is -2.60. The van der Waals surface area contributed by atoms with E-state index in [1.165, 1.54) is 0 Å². The topological polar surface area (TPSA) is 262 Å². The van der Waals surface area contributed by atoms with Gasteiger partial charge in [0.2, 0.25) is 0 Å². The van der Waals surface area contributed by atoms with E-state index >= 15 is 0 Å². The minimum atomic E-state index is -1.78. The molecule has 0 amide bonds. The summed E-state index contributed by atoms with van der Waals surface area (Å²) in [6, 6.07) is 0. The van der Waals surface area contributed by atoms with E-state index in [1.807, 2.05) is 6.92 Å². The molecule has 0 spiro atoms. The van der Waals surface area contributed by atoms with Gasteiger partial charge in [-0.2, -0.15) is 0 Å². The molecular weight excluding hydrogens is 526 g/mol. The molecule has 0 aromatic heterocycles. The SMILES string of the molecule is CCCCCNC[C@H](O)[C@@H](O)[C@H](O)C(O)CO[C@@H]1C[C@H](CO[C@@H]2O[C@H](CO)[C@@H](O)[C@H](O)[C@H]2O)[C@@H](O)[C@H](O)[C@H]1O. The molecule has 1 heterocycles. The molecule has 2 fully saturated rings. The molecule has 15 nitrogen and oxygen atoms in total. The lowest BCUT2D eigenvalue weighted by atomic mass is 9.81. The first-order valence-corrected chi connectivity index (χ1v) is 13.4. The van der Waals surface area contributed by atoms with Crippen LogP contribution in [-0.2, 0) is 14.2 Å². The fourth-order valence-electron chi connectivity index (χ4n) is 4.68.